The van der Waals surface area contributed by atoms with E-state index in [9.17, 15) is 4.39 Å². The van der Waals surface area contributed by atoms with Gasteiger partial charge in [0.25, 0.3) is 0 Å². The van der Waals surface area contributed by atoms with E-state index in [0.29, 0.717) is 16.5 Å². The summed E-state index contributed by atoms with van der Waals surface area (Å²) in [5, 5.41) is 1.27. The van der Waals surface area contributed by atoms with Gasteiger partial charge >= 0.3 is 0 Å². The zero-order valence-corrected chi connectivity index (χ0v) is 8.26. The van der Waals surface area contributed by atoms with Crippen molar-refractivity contribution in [3.63, 3.8) is 0 Å². The molecule has 1 aromatic carbocycles. The Hall–Kier alpha value is -1.02. The predicted molar refractivity (Wildman–Crippen MR) is 55.2 cm³/mol. The molecule has 0 radical (unpaired) electrons. The van der Waals surface area contributed by atoms with Crippen LogP contribution < -0.4 is 0 Å². The minimum absolute atomic E-state index is 0.191. The molecule has 1 aliphatic carbocycles. The fourth-order valence-electron chi connectivity index (χ4n) is 1.86. The summed E-state index contributed by atoms with van der Waals surface area (Å²) in [7, 11) is 0. The zero-order valence-electron chi connectivity index (χ0n) is 7.50. The summed E-state index contributed by atoms with van der Waals surface area (Å²) in [5.41, 5.74) is 0.842. The Bertz CT molecular complexity index is 499. The van der Waals surface area contributed by atoms with Crippen LogP contribution in [0.3, 0.4) is 0 Å². The van der Waals surface area contributed by atoms with E-state index in [-0.39, 0.29) is 5.82 Å². The molecule has 0 N–H and O–H groups in total. The fourth-order valence-corrected chi connectivity index (χ4v) is 2.13. The standard InChI is InChI=1S/C11H9ClFN/c12-9-3-4-10(13)8-5-6-14(11(8)9)7-1-2-7/h3-7H,1-2H2. The number of rotatable bonds is 1. The number of hydrogen-bond acceptors (Lipinski definition) is 0. The lowest BCUT2D eigenvalue weighted by atomic mass is 10.2. The molecule has 1 aliphatic rings. The van der Waals surface area contributed by atoms with Crippen molar-refractivity contribution in [3.8, 4) is 0 Å². The monoisotopic (exact) mass is 209 g/mol. The summed E-state index contributed by atoms with van der Waals surface area (Å²) >= 11 is 6.06. The van der Waals surface area contributed by atoms with Gasteiger partial charge in [0.15, 0.2) is 0 Å². The summed E-state index contributed by atoms with van der Waals surface area (Å²) in [4.78, 5) is 0. The number of fused-ring (bicyclic) bond motifs is 1. The molecule has 1 nitrogen and oxygen atoms in total. The normalized spacial score (nSPS) is 16.4. The van der Waals surface area contributed by atoms with E-state index in [1.165, 1.54) is 18.9 Å². The number of aromatic nitrogens is 1. The van der Waals surface area contributed by atoms with Gasteiger partial charge in [-0.3, -0.25) is 0 Å². The first-order valence-corrected chi connectivity index (χ1v) is 5.10. The minimum atomic E-state index is -0.191. The Morgan fingerprint density at radius 1 is 1.29 bits per heavy atom. The average molecular weight is 210 g/mol. The van der Waals surface area contributed by atoms with E-state index in [0.717, 1.165) is 5.52 Å². The second kappa shape index (κ2) is 2.74. The maximum absolute atomic E-state index is 13.4. The summed E-state index contributed by atoms with van der Waals surface area (Å²) in [6, 6.07) is 5.38. The molecule has 0 saturated heterocycles. The topological polar surface area (TPSA) is 4.93 Å². The molecule has 1 aromatic heterocycles. The molecule has 1 fully saturated rings. The lowest BCUT2D eigenvalue weighted by molar-refractivity contribution is 0.639. The van der Waals surface area contributed by atoms with Gasteiger partial charge in [0.1, 0.15) is 5.82 Å². The Kier molecular flexibility index (Phi) is 1.62. The molecule has 0 aliphatic heterocycles. The highest BCUT2D eigenvalue weighted by molar-refractivity contribution is 6.35. The second-order valence-electron chi connectivity index (χ2n) is 3.75. The molecule has 0 atom stereocenters. The Morgan fingerprint density at radius 2 is 2.07 bits per heavy atom. The average Bonchev–Trinajstić information content (AvgIpc) is 2.91. The van der Waals surface area contributed by atoms with Crippen molar-refractivity contribution in [1.29, 1.82) is 0 Å². The molecule has 0 spiro atoms. The van der Waals surface area contributed by atoms with Crippen molar-refractivity contribution >= 4 is 22.5 Å². The SMILES string of the molecule is Fc1ccc(Cl)c2c1ccn2C1CC1. The van der Waals surface area contributed by atoms with Crippen molar-refractivity contribution in [1.82, 2.24) is 4.57 Å². The number of hydrogen-bond donors (Lipinski definition) is 0. The number of benzene rings is 1. The van der Waals surface area contributed by atoms with Crippen molar-refractivity contribution in [3.05, 3.63) is 35.2 Å². The van der Waals surface area contributed by atoms with Gasteiger partial charge in [0, 0.05) is 17.6 Å². The summed E-state index contributed by atoms with van der Waals surface area (Å²) < 4.78 is 15.5. The molecule has 3 rings (SSSR count). The second-order valence-corrected chi connectivity index (χ2v) is 4.15. The summed E-state index contributed by atoms with van der Waals surface area (Å²) in [6.07, 6.45) is 4.28. The molecule has 1 saturated carbocycles. The van der Waals surface area contributed by atoms with Crippen molar-refractivity contribution in [2.75, 3.05) is 0 Å². The first-order chi connectivity index (χ1) is 6.77. The molecular weight excluding hydrogens is 201 g/mol. The molecule has 1 heterocycles. The zero-order chi connectivity index (χ0) is 9.71. The molecule has 0 bridgehead atoms. The van der Waals surface area contributed by atoms with Gasteiger partial charge in [-0.25, -0.2) is 4.39 Å². The van der Waals surface area contributed by atoms with Gasteiger partial charge in [-0.2, -0.15) is 0 Å². The Balaban J connectivity index is 2.37. The molecule has 3 heteroatoms. The summed E-state index contributed by atoms with van der Waals surface area (Å²) in [5.74, 6) is -0.191. The summed E-state index contributed by atoms with van der Waals surface area (Å²) in [6.45, 7) is 0. The lowest BCUT2D eigenvalue weighted by Crippen LogP contribution is -1.91. The fraction of sp³-hybridized carbons (Fsp3) is 0.273. The van der Waals surface area contributed by atoms with E-state index < -0.39 is 0 Å². The van der Waals surface area contributed by atoms with Crippen LogP contribution in [-0.4, -0.2) is 4.57 Å². The molecule has 0 unspecified atom stereocenters. The van der Waals surface area contributed by atoms with Gasteiger partial charge in [-0.1, -0.05) is 11.6 Å². The van der Waals surface area contributed by atoms with Crippen LogP contribution in [-0.2, 0) is 0 Å². The van der Waals surface area contributed by atoms with Gasteiger partial charge in [0.05, 0.1) is 10.5 Å². The third kappa shape index (κ3) is 1.07. The van der Waals surface area contributed by atoms with Crippen LogP contribution in [0.2, 0.25) is 5.02 Å². The van der Waals surface area contributed by atoms with Gasteiger partial charge in [-0.05, 0) is 31.0 Å². The van der Waals surface area contributed by atoms with Crippen LogP contribution in [0, 0.1) is 5.82 Å². The van der Waals surface area contributed by atoms with E-state index in [2.05, 4.69) is 4.57 Å². The largest absolute Gasteiger partial charge is 0.343 e. The highest BCUT2D eigenvalue weighted by Crippen LogP contribution is 2.39. The highest BCUT2D eigenvalue weighted by Gasteiger charge is 2.25. The van der Waals surface area contributed by atoms with Gasteiger partial charge in [0.2, 0.25) is 0 Å². The lowest BCUT2D eigenvalue weighted by Gasteiger charge is -2.04. The molecule has 2 aromatic rings. The van der Waals surface area contributed by atoms with Crippen LogP contribution in [0.4, 0.5) is 4.39 Å². The maximum atomic E-state index is 13.4. The first kappa shape index (κ1) is 8.30. The Labute approximate surface area is 86.1 Å². The predicted octanol–water partition coefficient (Wildman–Crippen LogP) is 3.77. The molecule has 0 amide bonds. The first-order valence-electron chi connectivity index (χ1n) is 4.72. The van der Waals surface area contributed by atoms with Crippen LogP contribution in [0.1, 0.15) is 18.9 Å². The van der Waals surface area contributed by atoms with Crippen LogP contribution in [0.25, 0.3) is 10.9 Å². The van der Waals surface area contributed by atoms with Crippen molar-refractivity contribution in [2.24, 2.45) is 0 Å². The van der Waals surface area contributed by atoms with Crippen LogP contribution in [0.15, 0.2) is 24.4 Å². The third-order valence-corrected chi connectivity index (χ3v) is 3.02. The smallest absolute Gasteiger partial charge is 0.132 e. The van der Waals surface area contributed by atoms with Crippen molar-refractivity contribution in [2.45, 2.75) is 18.9 Å². The van der Waals surface area contributed by atoms with E-state index >= 15 is 0 Å². The van der Waals surface area contributed by atoms with E-state index in [1.54, 1.807) is 12.1 Å². The van der Waals surface area contributed by atoms with Crippen molar-refractivity contribution < 1.29 is 4.39 Å². The van der Waals surface area contributed by atoms with Gasteiger partial charge < -0.3 is 4.57 Å². The van der Waals surface area contributed by atoms with Crippen LogP contribution in [0.5, 0.6) is 0 Å². The maximum Gasteiger partial charge on any atom is 0.132 e. The van der Waals surface area contributed by atoms with E-state index in [1.807, 2.05) is 6.20 Å². The van der Waals surface area contributed by atoms with Gasteiger partial charge in [-0.15, -0.1) is 0 Å². The Morgan fingerprint density at radius 3 is 2.79 bits per heavy atom. The minimum Gasteiger partial charge on any atom is -0.343 e. The van der Waals surface area contributed by atoms with E-state index in [4.69, 9.17) is 11.6 Å². The quantitative estimate of drug-likeness (QED) is 0.674. The molecule has 14 heavy (non-hydrogen) atoms. The number of halogens is 2. The molecule has 72 valence electrons. The highest BCUT2D eigenvalue weighted by atomic mass is 35.5. The number of nitrogens with zero attached hydrogens (tertiary/aromatic N) is 1. The third-order valence-electron chi connectivity index (χ3n) is 2.71. The van der Waals surface area contributed by atoms with Crippen LogP contribution >= 0.6 is 11.6 Å². The molecular formula is C11H9ClFN.